The number of phosphoric ester groups is 1. The molecule has 1 aliphatic heterocycles. The van der Waals surface area contributed by atoms with Crippen LogP contribution in [-0.2, 0) is 36.3 Å². The summed E-state index contributed by atoms with van der Waals surface area (Å²) in [5.41, 5.74) is 5.13. The Hall–Kier alpha value is -0.820. The molecule has 0 amide bonds. The van der Waals surface area contributed by atoms with Crippen LogP contribution >= 0.6 is 45.1 Å². The third-order valence-electron chi connectivity index (χ3n) is 4.21. The van der Waals surface area contributed by atoms with Crippen molar-refractivity contribution in [2.24, 2.45) is 0 Å². The quantitative estimate of drug-likeness (QED) is 0.0847. The lowest BCUT2D eigenvalue weighted by atomic mass is 10.2. The molecule has 1 aliphatic rings. The highest BCUT2D eigenvalue weighted by Gasteiger charge is 2.43. The van der Waals surface area contributed by atoms with Gasteiger partial charge in [0, 0.05) is 6.42 Å². The van der Waals surface area contributed by atoms with Gasteiger partial charge in [0.15, 0.2) is 11.2 Å². The summed E-state index contributed by atoms with van der Waals surface area (Å²) in [6, 6.07) is 0. The Bertz CT molecular complexity index is 1250. The van der Waals surface area contributed by atoms with Crippen LogP contribution in [0, 0.1) is 0 Å². The summed E-state index contributed by atoms with van der Waals surface area (Å²) < 4.78 is 59.3. The Morgan fingerprint density at radius 1 is 1.26 bits per heavy atom. The number of rotatable bonds is 12. The molecular formula is C12H20N5O13P3S2. The summed E-state index contributed by atoms with van der Waals surface area (Å²) >= 11 is 0. The molecule has 0 aromatic carbocycles. The number of anilines is 1. The van der Waals surface area contributed by atoms with Gasteiger partial charge in [-0.1, -0.05) is 21.6 Å². The van der Waals surface area contributed by atoms with Gasteiger partial charge in [0.05, 0.1) is 19.0 Å². The van der Waals surface area contributed by atoms with Crippen molar-refractivity contribution in [1.29, 1.82) is 0 Å². The minimum Gasteiger partial charge on any atom is -0.369 e. The van der Waals surface area contributed by atoms with Crippen molar-refractivity contribution in [2.45, 2.75) is 24.9 Å². The molecule has 198 valence electrons. The van der Waals surface area contributed by atoms with Crippen LogP contribution in [0.3, 0.4) is 0 Å². The molecule has 2 aromatic rings. The van der Waals surface area contributed by atoms with E-state index in [2.05, 4.69) is 28.1 Å². The van der Waals surface area contributed by atoms with Crippen LogP contribution in [-0.4, -0.2) is 70.1 Å². The lowest BCUT2D eigenvalue weighted by molar-refractivity contribution is -0.0522. The highest BCUT2D eigenvalue weighted by atomic mass is 33.1. The first-order valence-corrected chi connectivity index (χ1v) is 16.4. The molecule has 0 saturated carbocycles. The fraction of sp³-hybridized carbons (Fsp3) is 0.583. The second-order valence-electron chi connectivity index (χ2n) is 6.63. The van der Waals surface area contributed by atoms with Crippen LogP contribution in [0.2, 0.25) is 0 Å². The Labute approximate surface area is 203 Å². The normalized spacial score (nSPS) is 24.4. The number of phosphoric acid groups is 3. The number of ether oxygens (including phenoxy) is 2. The van der Waals surface area contributed by atoms with Gasteiger partial charge in [-0.25, -0.2) is 18.7 Å². The van der Waals surface area contributed by atoms with Crippen LogP contribution in [0.25, 0.3) is 11.2 Å². The maximum atomic E-state index is 12.1. The van der Waals surface area contributed by atoms with Crippen molar-refractivity contribution in [3.8, 4) is 0 Å². The number of aromatic amines is 1. The molecule has 1 fully saturated rings. The van der Waals surface area contributed by atoms with Crippen molar-refractivity contribution in [1.82, 2.24) is 19.5 Å². The molecule has 5 atom stereocenters. The predicted octanol–water partition coefficient (Wildman–Crippen LogP) is 0.686. The summed E-state index contributed by atoms with van der Waals surface area (Å²) in [6.45, 7) is -0.711. The zero-order chi connectivity index (χ0) is 26.0. The zero-order valence-corrected chi connectivity index (χ0v) is 21.8. The number of nitrogen functional groups attached to an aromatic ring is 1. The fourth-order valence-electron chi connectivity index (χ4n) is 2.98. The van der Waals surface area contributed by atoms with Crippen LogP contribution in [0.5, 0.6) is 0 Å². The Kier molecular flexibility index (Phi) is 9.27. The van der Waals surface area contributed by atoms with Gasteiger partial charge in [0.2, 0.25) is 5.95 Å². The molecule has 2 unspecified atom stereocenters. The Balaban J connectivity index is 1.75. The number of nitrogens with two attached hydrogens (primary N) is 1. The molecule has 0 radical (unpaired) electrons. The summed E-state index contributed by atoms with van der Waals surface area (Å²) in [5.74, 6) is 0.0408. The number of nitrogens with zero attached hydrogens (tertiary/aromatic N) is 3. The molecule has 0 aliphatic carbocycles. The molecule has 18 nitrogen and oxygen atoms in total. The highest BCUT2D eigenvalue weighted by molar-refractivity contribution is 8.76. The van der Waals surface area contributed by atoms with Gasteiger partial charge in [-0.15, -0.1) is 0 Å². The van der Waals surface area contributed by atoms with Crippen LogP contribution in [0.15, 0.2) is 11.1 Å². The first kappa shape index (κ1) is 28.7. The van der Waals surface area contributed by atoms with Crippen molar-refractivity contribution < 1.29 is 55.9 Å². The fourth-order valence-corrected chi connectivity index (χ4v) is 6.80. The van der Waals surface area contributed by atoms with E-state index < -0.39 is 54.1 Å². The number of aromatic nitrogens is 4. The molecular weight excluding hydrogens is 579 g/mol. The number of hydrogen-bond donors (Lipinski definition) is 6. The van der Waals surface area contributed by atoms with Gasteiger partial charge < -0.3 is 34.8 Å². The molecule has 3 rings (SSSR count). The van der Waals surface area contributed by atoms with Gasteiger partial charge >= 0.3 is 23.5 Å². The maximum absolute atomic E-state index is 12.1. The first-order chi connectivity index (χ1) is 16.2. The number of H-pyrrole nitrogens is 1. The van der Waals surface area contributed by atoms with Gasteiger partial charge in [-0.2, -0.15) is 13.6 Å². The zero-order valence-electron chi connectivity index (χ0n) is 17.5. The monoisotopic (exact) mass is 599 g/mol. The molecule has 35 heavy (non-hydrogen) atoms. The molecule has 7 N–H and O–H groups in total. The van der Waals surface area contributed by atoms with E-state index in [1.165, 1.54) is 32.5 Å². The van der Waals surface area contributed by atoms with Crippen LogP contribution in [0.4, 0.5) is 5.95 Å². The molecule has 2 aromatic heterocycles. The molecule has 23 heteroatoms. The van der Waals surface area contributed by atoms with Gasteiger partial charge in [-0.3, -0.25) is 18.9 Å². The third-order valence-corrected chi connectivity index (χ3v) is 9.47. The van der Waals surface area contributed by atoms with E-state index in [-0.39, 0.29) is 29.5 Å². The number of nitrogens with one attached hydrogen (secondary N) is 1. The second-order valence-corrected chi connectivity index (χ2v) is 13.6. The topological polar surface area (TPSA) is 268 Å². The lowest BCUT2D eigenvalue weighted by Gasteiger charge is -2.21. The first-order valence-electron chi connectivity index (χ1n) is 9.13. The van der Waals surface area contributed by atoms with E-state index in [0.717, 1.165) is 0 Å². The van der Waals surface area contributed by atoms with Crippen molar-refractivity contribution in [3.05, 3.63) is 16.7 Å². The summed E-state index contributed by atoms with van der Waals surface area (Å²) in [7, 11) is -13.8. The van der Waals surface area contributed by atoms with E-state index >= 15 is 0 Å². The molecule has 0 bridgehead atoms. The van der Waals surface area contributed by atoms with Gasteiger partial charge in [0.25, 0.3) is 5.56 Å². The van der Waals surface area contributed by atoms with E-state index in [9.17, 15) is 28.3 Å². The minimum atomic E-state index is -5.67. The standard InChI is InChI=1S/C12H20N5O13P3S2/c1-34-35-5-26-6-2-8(17-4-14-9-10(17)15-12(13)16-11(9)18)28-7(6)3-27-32(22,23)30-33(24,25)29-31(19,20)21/h4,6-8H,2-3,5H2,1H3,(H,22,23)(H,24,25)(H2,19,20,21)(H3,13,15,16,18)/t6-,7-,8-/m1/s1. The Morgan fingerprint density at radius 2 is 1.97 bits per heavy atom. The smallest absolute Gasteiger partial charge is 0.369 e. The Morgan fingerprint density at radius 3 is 2.63 bits per heavy atom. The average Bonchev–Trinajstić information content (AvgIpc) is 3.28. The largest absolute Gasteiger partial charge is 0.490 e. The van der Waals surface area contributed by atoms with Crippen molar-refractivity contribution >= 4 is 62.2 Å². The van der Waals surface area contributed by atoms with Gasteiger partial charge in [0.1, 0.15) is 18.3 Å². The van der Waals surface area contributed by atoms with E-state index in [1.54, 1.807) is 0 Å². The molecule has 3 heterocycles. The third kappa shape index (κ3) is 8.08. The van der Waals surface area contributed by atoms with Crippen molar-refractivity contribution in [3.63, 3.8) is 0 Å². The minimum absolute atomic E-state index is 0.00470. The molecule has 0 spiro atoms. The average molecular weight is 599 g/mol. The molecule has 1 saturated heterocycles. The van der Waals surface area contributed by atoms with E-state index in [1.807, 2.05) is 6.26 Å². The number of fused-ring (bicyclic) bond motifs is 1. The van der Waals surface area contributed by atoms with E-state index in [0.29, 0.717) is 0 Å². The van der Waals surface area contributed by atoms with Crippen molar-refractivity contribution in [2.75, 3.05) is 24.5 Å². The summed E-state index contributed by atoms with van der Waals surface area (Å²) in [5, 5.41) is 0. The predicted molar refractivity (Wildman–Crippen MR) is 122 cm³/mol. The SMILES string of the molecule is CSSCO[C@@H]1C[C@H](n2cnc3c(=O)[nH]c(N)nc32)O[C@@H]1COP(=O)(O)OP(=O)(O)OP(=O)(O)O. The highest BCUT2D eigenvalue weighted by Crippen LogP contribution is 2.66. The summed E-state index contributed by atoms with van der Waals surface area (Å²) in [6.07, 6.45) is 0.662. The van der Waals surface area contributed by atoms with E-state index in [4.69, 9.17) is 25.0 Å². The number of imidazole rings is 1. The van der Waals surface area contributed by atoms with Gasteiger partial charge in [-0.05, 0) is 6.26 Å². The lowest BCUT2D eigenvalue weighted by Crippen LogP contribution is -2.28. The van der Waals surface area contributed by atoms with Crippen LogP contribution < -0.4 is 11.3 Å². The maximum Gasteiger partial charge on any atom is 0.490 e. The summed E-state index contributed by atoms with van der Waals surface area (Å²) in [4.78, 5) is 58.6. The second kappa shape index (κ2) is 11.3. The van der Waals surface area contributed by atoms with Crippen LogP contribution in [0.1, 0.15) is 12.6 Å². The number of hydrogen-bond acceptors (Lipinski definition) is 14.